The summed E-state index contributed by atoms with van der Waals surface area (Å²) in [5.41, 5.74) is 5.17. The third kappa shape index (κ3) is 2.37. The zero-order valence-electron chi connectivity index (χ0n) is 16.2. The molecule has 0 atom stereocenters. The van der Waals surface area contributed by atoms with Crippen LogP contribution in [-0.4, -0.2) is 39.1 Å². The lowest BCUT2D eigenvalue weighted by Crippen LogP contribution is -2.13. The maximum absolute atomic E-state index is 12.1. The van der Waals surface area contributed by atoms with Crippen LogP contribution in [-0.2, 0) is 0 Å². The van der Waals surface area contributed by atoms with E-state index in [1.165, 1.54) is 24.3 Å². The lowest BCUT2D eigenvalue weighted by molar-refractivity contribution is 0.0685. The Kier molecular flexibility index (Phi) is 3.84. The van der Waals surface area contributed by atoms with Crippen LogP contribution in [0.4, 0.5) is 0 Å². The summed E-state index contributed by atoms with van der Waals surface area (Å²) in [7, 11) is 0. The van der Waals surface area contributed by atoms with Gasteiger partial charge in [-0.05, 0) is 56.6 Å². The van der Waals surface area contributed by atoms with Gasteiger partial charge in [0.15, 0.2) is 0 Å². The van der Waals surface area contributed by atoms with E-state index in [1.807, 2.05) is 0 Å². The number of amides is 1. The van der Waals surface area contributed by atoms with Gasteiger partial charge in [0.05, 0.1) is 16.7 Å². The number of aromatic carboxylic acids is 3. The van der Waals surface area contributed by atoms with Crippen LogP contribution in [0, 0.1) is 0 Å². The molecule has 5 N–H and O–H groups in total. The van der Waals surface area contributed by atoms with Gasteiger partial charge >= 0.3 is 17.9 Å². The van der Waals surface area contributed by atoms with E-state index in [2.05, 4.69) is 0 Å². The number of carboxylic acid groups (broad SMARTS) is 3. The molecule has 0 aliphatic heterocycles. The average Bonchev–Trinajstić information content (AvgIpc) is 2.75. The van der Waals surface area contributed by atoms with Crippen LogP contribution in [0.25, 0.3) is 43.1 Å². The fourth-order valence-corrected chi connectivity index (χ4v) is 4.63. The Hall–Kier alpha value is -4.72. The monoisotopic (exact) mass is 427 g/mol. The first-order valence-corrected chi connectivity index (χ1v) is 9.42. The first-order chi connectivity index (χ1) is 15.2. The van der Waals surface area contributed by atoms with Crippen LogP contribution >= 0.6 is 0 Å². The highest BCUT2D eigenvalue weighted by Crippen LogP contribution is 2.43. The van der Waals surface area contributed by atoms with E-state index < -0.39 is 23.8 Å². The molecule has 0 heterocycles. The number of carboxylic acids is 3. The molecule has 0 radical (unpaired) electrons. The van der Waals surface area contributed by atoms with Crippen molar-refractivity contribution >= 4 is 66.9 Å². The number of fused-ring (bicyclic) bond motifs is 2. The molecular formula is C24H13NO7. The minimum absolute atomic E-state index is 0.0482. The first kappa shape index (κ1) is 19.3. The number of carbonyl (C=O) groups is 4. The number of primary amides is 1. The van der Waals surface area contributed by atoms with Crippen molar-refractivity contribution in [1.82, 2.24) is 0 Å². The van der Waals surface area contributed by atoms with Crippen molar-refractivity contribution in [2.75, 3.05) is 0 Å². The molecule has 0 saturated carbocycles. The first-order valence-electron chi connectivity index (χ1n) is 9.42. The summed E-state index contributed by atoms with van der Waals surface area (Å²) >= 11 is 0. The number of hydrogen-bond donors (Lipinski definition) is 4. The molecule has 0 unspecified atom stereocenters. The molecule has 0 saturated heterocycles. The summed E-state index contributed by atoms with van der Waals surface area (Å²) in [6.45, 7) is 0. The van der Waals surface area contributed by atoms with Crippen LogP contribution in [0.1, 0.15) is 41.4 Å². The fourth-order valence-electron chi connectivity index (χ4n) is 4.63. The van der Waals surface area contributed by atoms with Crippen LogP contribution in [0.15, 0.2) is 48.5 Å². The van der Waals surface area contributed by atoms with E-state index in [4.69, 9.17) is 5.73 Å². The van der Waals surface area contributed by atoms with Crippen LogP contribution in [0.5, 0.6) is 0 Å². The fraction of sp³-hybridized carbons (Fsp3) is 0. The van der Waals surface area contributed by atoms with Crippen LogP contribution < -0.4 is 5.73 Å². The molecule has 5 aromatic carbocycles. The second-order valence-corrected chi connectivity index (χ2v) is 7.42. The molecule has 0 aromatic heterocycles. The van der Waals surface area contributed by atoms with E-state index in [-0.39, 0.29) is 33.0 Å². The second-order valence-electron chi connectivity index (χ2n) is 7.42. The molecular weight excluding hydrogens is 414 g/mol. The Bertz CT molecular complexity index is 1440. The number of carbonyl (C=O) groups excluding carboxylic acids is 1. The van der Waals surface area contributed by atoms with E-state index in [0.29, 0.717) is 32.3 Å². The minimum Gasteiger partial charge on any atom is -0.478 e. The van der Waals surface area contributed by atoms with Gasteiger partial charge in [-0.2, -0.15) is 0 Å². The maximum Gasteiger partial charge on any atom is 0.336 e. The lowest BCUT2D eigenvalue weighted by atomic mass is 9.84. The van der Waals surface area contributed by atoms with Crippen molar-refractivity contribution in [1.29, 1.82) is 0 Å². The van der Waals surface area contributed by atoms with Crippen LogP contribution in [0.3, 0.4) is 0 Å². The van der Waals surface area contributed by atoms with Gasteiger partial charge in [-0.1, -0.05) is 24.3 Å². The van der Waals surface area contributed by atoms with Crippen molar-refractivity contribution in [2.45, 2.75) is 0 Å². The van der Waals surface area contributed by atoms with Crippen LogP contribution in [0.2, 0.25) is 0 Å². The maximum atomic E-state index is 12.1. The van der Waals surface area contributed by atoms with Crippen molar-refractivity contribution < 1.29 is 34.5 Å². The van der Waals surface area contributed by atoms with Crippen molar-refractivity contribution in [2.24, 2.45) is 5.73 Å². The van der Waals surface area contributed by atoms with E-state index in [9.17, 15) is 34.5 Å². The zero-order valence-corrected chi connectivity index (χ0v) is 16.2. The molecule has 0 aliphatic rings. The number of benzene rings is 5. The van der Waals surface area contributed by atoms with Gasteiger partial charge in [-0.25, -0.2) is 14.4 Å². The third-order valence-corrected chi connectivity index (χ3v) is 5.86. The summed E-state index contributed by atoms with van der Waals surface area (Å²) in [6, 6.07) is 11.8. The standard InChI is InChI=1S/C24H13NO7/c25-21(26)13-5-1-9-11-3-7-15(23(29)30)20-16(24(31)32)8-4-12(18(11)20)10-2-6-14(22(27)28)19(13)17(9)10/h1-8H,(H2,25,26)(H,27,28)(H,29,30)(H,31,32). The molecule has 8 nitrogen and oxygen atoms in total. The predicted octanol–water partition coefficient (Wildman–Crippen LogP) is 3.93. The molecule has 32 heavy (non-hydrogen) atoms. The molecule has 8 heteroatoms. The van der Waals surface area contributed by atoms with Crippen molar-refractivity contribution in [3.05, 3.63) is 70.8 Å². The molecule has 0 fully saturated rings. The molecule has 0 aliphatic carbocycles. The van der Waals surface area contributed by atoms with E-state index in [0.717, 1.165) is 0 Å². The number of hydrogen-bond acceptors (Lipinski definition) is 4. The molecule has 0 spiro atoms. The smallest absolute Gasteiger partial charge is 0.336 e. The Balaban J connectivity index is 2.17. The normalized spacial score (nSPS) is 11.5. The highest BCUT2D eigenvalue weighted by atomic mass is 16.4. The Morgan fingerprint density at radius 1 is 0.469 bits per heavy atom. The SMILES string of the molecule is NC(=O)c1ccc2c3ccc(C(=O)O)c4c(C(=O)O)ccc(c5ccc(C(=O)O)c1c25)c43. The quantitative estimate of drug-likeness (QED) is 0.250. The zero-order chi connectivity index (χ0) is 22.9. The summed E-state index contributed by atoms with van der Waals surface area (Å²) in [6.07, 6.45) is 0. The second kappa shape index (κ2) is 6.39. The van der Waals surface area contributed by atoms with Crippen molar-refractivity contribution in [3.63, 3.8) is 0 Å². The minimum atomic E-state index is -1.27. The van der Waals surface area contributed by atoms with Gasteiger partial charge in [0.25, 0.3) is 0 Å². The Morgan fingerprint density at radius 3 is 1.03 bits per heavy atom. The molecule has 1 amide bonds. The van der Waals surface area contributed by atoms with E-state index in [1.54, 1.807) is 24.3 Å². The molecule has 0 bridgehead atoms. The van der Waals surface area contributed by atoms with Gasteiger partial charge in [0.2, 0.25) is 5.91 Å². The highest BCUT2D eigenvalue weighted by Gasteiger charge is 2.24. The summed E-state index contributed by atoms with van der Waals surface area (Å²) in [5, 5.41) is 32.5. The van der Waals surface area contributed by atoms with Crippen molar-refractivity contribution in [3.8, 4) is 0 Å². The largest absolute Gasteiger partial charge is 0.478 e. The highest BCUT2D eigenvalue weighted by molar-refractivity contribution is 6.38. The van der Waals surface area contributed by atoms with Gasteiger partial charge in [-0.15, -0.1) is 0 Å². The summed E-state index contributed by atoms with van der Waals surface area (Å²) < 4.78 is 0. The Morgan fingerprint density at radius 2 is 0.750 bits per heavy atom. The van der Waals surface area contributed by atoms with Gasteiger partial charge < -0.3 is 21.1 Å². The molecule has 156 valence electrons. The van der Waals surface area contributed by atoms with Gasteiger partial charge in [-0.3, -0.25) is 4.79 Å². The summed E-state index contributed by atoms with van der Waals surface area (Å²) in [5.74, 6) is -4.54. The third-order valence-electron chi connectivity index (χ3n) is 5.86. The summed E-state index contributed by atoms with van der Waals surface area (Å²) in [4.78, 5) is 47.8. The molecule has 5 rings (SSSR count). The predicted molar refractivity (Wildman–Crippen MR) is 117 cm³/mol. The van der Waals surface area contributed by atoms with E-state index >= 15 is 0 Å². The number of nitrogens with two attached hydrogens (primary N) is 1. The van der Waals surface area contributed by atoms with Gasteiger partial charge in [0.1, 0.15) is 0 Å². The van der Waals surface area contributed by atoms with Gasteiger partial charge in [0, 0.05) is 16.3 Å². The topological polar surface area (TPSA) is 155 Å². The lowest BCUT2D eigenvalue weighted by Gasteiger charge is -2.18. The Labute approximate surface area is 178 Å². The molecule has 5 aromatic rings. The average molecular weight is 427 g/mol. The number of rotatable bonds is 4.